The second kappa shape index (κ2) is 8.48. The summed E-state index contributed by atoms with van der Waals surface area (Å²) < 4.78 is 2.33. The summed E-state index contributed by atoms with van der Waals surface area (Å²) in [6.45, 7) is 0. The minimum atomic E-state index is 0.838. The highest BCUT2D eigenvalue weighted by molar-refractivity contribution is 6.33. The van der Waals surface area contributed by atoms with Crippen LogP contribution in [0.1, 0.15) is 0 Å². The van der Waals surface area contributed by atoms with Gasteiger partial charge in [-0.05, 0) is 56.6 Å². The zero-order valence-electron chi connectivity index (χ0n) is 22.1. The topological polar surface area (TPSA) is 30.7 Å². The minimum Gasteiger partial charge on any atom is -0.292 e. The molecular formula is C38H23N3. The molecule has 0 atom stereocenters. The molecule has 0 spiro atoms. The van der Waals surface area contributed by atoms with Crippen molar-refractivity contribution in [3.8, 4) is 17.1 Å². The van der Waals surface area contributed by atoms with Gasteiger partial charge in [0.25, 0.3) is 0 Å². The molecule has 0 bridgehead atoms. The molecule has 0 N–H and O–H groups in total. The Labute approximate surface area is 235 Å². The van der Waals surface area contributed by atoms with Crippen molar-refractivity contribution in [1.29, 1.82) is 0 Å². The lowest BCUT2D eigenvalue weighted by Crippen LogP contribution is -2.03. The van der Waals surface area contributed by atoms with Crippen molar-refractivity contribution in [3.63, 3.8) is 0 Å². The van der Waals surface area contributed by atoms with Gasteiger partial charge in [0.2, 0.25) is 0 Å². The van der Waals surface area contributed by atoms with Crippen LogP contribution in [0.25, 0.3) is 82.2 Å². The molecule has 0 saturated heterocycles. The van der Waals surface area contributed by atoms with E-state index < -0.39 is 0 Å². The van der Waals surface area contributed by atoms with Gasteiger partial charge < -0.3 is 0 Å². The zero-order valence-corrected chi connectivity index (χ0v) is 22.1. The zero-order chi connectivity index (χ0) is 26.9. The summed E-state index contributed by atoms with van der Waals surface area (Å²) >= 11 is 0. The molecular weight excluding hydrogens is 498 g/mol. The number of para-hydroxylation sites is 2. The lowest BCUT2D eigenvalue weighted by Gasteiger charge is -2.13. The van der Waals surface area contributed by atoms with Gasteiger partial charge in [0.05, 0.1) is 22.1 Å². The first-order valence-corrected chi connectivity index (χ1v) is 13.9. The van der Waals surface area contributed by atoms with Crippen LogP contribution in [0, 0.1) is 0 Å². The maximum Gasteiger partial charge on any atom is 0.165 e. The summed E-state index contributed by atoms with van der Waals surface area (Å²) in [4.78, 5) is 10.5. The Kier molecular flexibility index (Phi) is 4.61. The largest absolute Gasteiger partial charge is 0.292 e. The fraction of sp³-hybridized carbons (Fsp3) is 0. The van der Waals surface area contributed by atoms with Gasteiger partial charge in [-0.15, -0.1) is 0 Å². The van der Waals surface area contributed by atoms with Gasteiger partial charge in [-0.3, -0.25) is 4.57 Å². The van der Waals surface area contributed by atoms with Crippen molar-refractivity contribution in [1.82, 2.24) is 14.5 Å². The molecule has 190 valence electrons. The summed E-state index contributed by atoms with van der Waals surface area (Å²) in [5.74, 6) is 0.838. The second-order valence-electron chi connectivity index (χ2n) is 10.6. The number of aromatic nitrogens is 3. The molecule has 0 aliphatic rings. The van der Waals surface area contributed by atoms with E-state index in [9.17, 15) is 0 Å². The highest BCUT2D eigenvalue weighted by Crippen LogP contribution is 2.43. The molecule has 0 fully saturated rings. The van der Waals surface area contributed by atoms with Gasteiger partial charge in [0.15, 0.2) is 5.82 Å². The third-order valence-electron chi connectivity index (χ3n) is 8.35. The van der Waals surface area contributed by atoms with Gasteiger partial charge in [-0.1, -0.05) is 115 Å². The molecule has 7 aromatic carbocycles. The molecule has 3 nitrogen and oxygen atoms in total. The van der Waals surface area contributed by atoms with Crippen molar-refractivity contribution in [2.24, 2.45) is 0 Å². The van der Waals surface area contributed by atoms with E-state index >= 15 is 0 Å². The van der Waals surface area contributed by atoms with Gasteiger partial charge in [0, 0.05) is 16.3 Å². The Morgan fingerprint density at radius 1 is 0.366 bits per heavy atom. The van der Waals surface area contributed by atoms with Crippen molar-refractivity contribution < 1.29 is 0 Å². The number of hydrogen-bond donors (Lipinski definition) is 0. The highest BCUT2D eigenvalue weighted by Gasteiger charge is 2.22. The predicted octanol–water partition coefficient (Wildman–Crippen LogP) is 9.85. The fourth-order valence-corrected chi connectivity index (χ4v) is 6.63. The smallest absolute Gasteiger partial charge is 0.165 e. The van der Waals surface area contributed by atoms with Gasteiger partial charge >= 0.3 is 0 Å². The van der Waals surface area contributed by atoms with Crippen LogP contribution >= 0.6 is 0 Å². The molecule has 2 heterocycles. The number of benzene rings is 6. The van der Waals surface area contributed by atoms with Gasteiger partial charge in [-0.25, -0.2) is 9.97 Å². The monoisotopic (exact) mass is 521 g/mol. The van der Waals surface area contributed by atoms with Crippen LogP contribution in [0.2, 0.25) is 0 Å². The molecule has 9 aromatic rings. The van der Waals surface area contributed by atoms with Crippen LogP contribution in [0.15, 0.2) is 140 Å². The molecule has 0 aliphatic heterocycles. The Morgan fingerprint density at radius 2 is 0.805 bits per heavy atom. The quantitative estimate of drug-likeness (QED) is 0.227. The van der Waals surface area contributed by atoms with Crippen molar-refractivity contribution >= 4 is 65.2 Å². The molecule has 0 amide bonds. The predicted molar refractivity (Wildman–Crippen MR) is 172 cm³/mol. The minimum absolute atomic E-state index is 0.838. The van der Waals surface area contributed by atoms with E-state index in [1.54, 1.807) is 0 Å². The summed E-state index contributed by atoms with van der Waals surface area (Å²) in [5, 5.41) is 9.95. The van der Waals surface area contributed by atoms with Crippen molar-refractivity contribution in [2.45, 2.75) is 0 Å². The maximum absolute atomic E-state index is 5.31. The van der Waals surface area contributed by atoms with Crippen molar-refractivity contribution in [3.05, 3.63) is 140 Å². The van der Waals surface area contributed by atoms with Gasteiger partial charge in [-0.2, -0.15) is 0 Å². The van der Waals surface area contributed by atoms with E-state index in [2.05, 4.69) is 114 Å². The summed E-state index contributed by atoms with van der Waals surface area (Å²) in [6, 6.07) is 49.4. The molecule has 0 unspecified atom stereocenters. The Bertz CT molecular complexity index is 2360. The molecule has 9 rings (SSSR count). The van der Waals surface area contributed by atoms with Crippen LogP contribution in [0.4, 0.5) is 0 Å². The molecule has 2 aromatic heterocycles. The standard InChI is InChI=1S/C38H23N3/c1-2-12-24(13-3-1)37-38(40-32-21-9-8-20-31(32)39-37)41-33-22-10-18-29-27-16-6-4-14-25(27)26-15-5-7-17-28(26)30-19-11-23-34(41)36(30)35(29)33/h1-23H. The lowest BCUT2D eigenvalue weighted by molar-refractivity contribution is 1.08. The van der Waals surface area contributed by atoms with E-state index in [4.69, 9.17) is 9.97 Å². The lowest BCUT2D eigenvalue weighted by atomic mass is 9.95. The summed E-state index contributed by atoms with van der Waals surface area (Å²) in [5.41, 5.74) is 5.93. The average Bonchev–Trinajstić information content (AvgIpc) is 3.39. The van der Waals surface area contributed by atoms with E-state index in [0.29, 0.717) is 0 Å². The number of hydrogen-bond acceptors (Lipinski definition) is 2. The molecule has 0 radical (unpaired) electrons. The van der Waals surface area contributed by atoms with E-state index in [-0.39, 0.29) is 0 Å². The third-order valence-corrected chi connectivity index (χ3v) is 8.35. The first-order valence-electron chi connectivity index (χ1n) is 13.9. The summed E-state index contributed by atoms with van der Waals surface area (Å²) in [7, 11) is 0. The van der Waals surface area contributed by atoms with Crippen LogP contribution in [0.3, 0.4) is 0 Å². The van der Waals surface area contributed by atoms with Crippen LogP contribution in [0.5, 0.6) is 0 Å². The molecule has 0 aliphatic carbocycles. The highest BCUT2D eigenvalue weighted by atomic mass is 15.1. The Hall–Kier alpha value is -5.54. The number of rotatable bonds is 2. The van der Waals surface area contributed by atoms with Crippen LogP contribution in [-0.4, -0.2) is 14.5 Å². The van der Waals surface area contributed by atoms with E-state index in [1.165, 1.54) is 43.1 Å². The second-order valence-corrected chi connectivity index (χ2v) is 10.6. The summed E-state index contributed by atoms with van der Waals surface area (Å²) in [6.07, 6.45) is 0. The normalized spacial score (nSPS) is 11.9. The van der Waals surface area contributed by atoms with Crippen LogP contribution < -0.4 is 0 Å². The average molecular weight is 522 g/mol. The maximum atomic E-state index is 5.31. The van der Waals surface area contributed by atoms with Gasteiger partial charge in [0.1, 0.15) is 5.69 Å². The Balaban J connectivity index is 1.57. The van der Waals surface area contributed by atoms with Crippen molar-refractivity contribution in [2.75, 3.05) is 0 Å². The number of fused-ring (bicyclic) bond motifs is 6. The van der Waals surface area contributed by atoms with E-state index in [1.807, 2.05) is 30.3 Å². The number of nitrogens with zero attached hydrogens (tertiary/aromatic N) is 3. The molecule has 41 heavy (non-hydrogen) atoms. The molecule has 3 heteroatoms. The first kappa shape index (κ1) is 22.3. The SMILES string of the molecule is c1ccc(-c2nc3ccccc3nc2-n2c3cccc4c5ccccc5c5ccccc5c5cccc2c5c43)cc1. The first-order chi connectivity index (χ1) is 20.4. The fourth-order valence-electron chi connectivity index (χ4n) is 6.63. The third kappa shape index (κ3) is 3.14. The Morgan fingerprint density at radius 3 is 1.37 bits per heavy atom. The van der Waals surface area contributed by atoms with E-state index in [0.717, 1.165) is 39.1 Å². The van der Waals surface area contributed by atoms with Crippen LogP contribution in [-0.2, 0) is 0 Å². The molecule has 0 saturated carbocycles.